The van der Waals surface area contributed by atoms with Crippen molar-refractivity contribution in [2.75, 3.05) is 31.6 Å². The van der Waals surface area contributed by atoms with E-state index >= 15 is 0 Å². The number of aliphatic imine (C=N–C) groups is 1. The Morgan fingerprint density at radius 1 is 1.12 bits per heavy atom. The minimum atomic E-state index is -0.546. The largest absolute Gasteiger partial charge is 0.365 e. The fourth-order valence-electron chi connectivity index (χ4n) is 3.70. The molecule has 2 aromatic rings. The lowest BCUT2D eigenvalue weighted by molar-refractivity contribution is 0.0953. The van der Waals surface area contributed by atoms with Crippen LogP contribution >= 0.6 is 24.0 Å². The van der Waals surface area contributed by atoms with Crippen molar-refractivity contribution in [2.45, 2.75) is 38.8 Å². The van der Waals surface area contributed by atoms with Crippen molar-refractivity contribution in [3.63, 3.8) is 0 Å². The molecule has 33 heavy (non-hydrogen) atoms. The van der Waals surface area contributed by atoms with Crippen LogP contribution in [0.2, 0.25) is 0 Å². The Bertz CT molecular complexity index is 919. The topological polar surface area (TPSA) is 68.8 Å². The van der Waals surface area contributed by atoms with Crippen molar-refractivity contribution in [2.24, 2.45) is 4.99 Å². The normalized spacial score (nSPS) is 15.7. The molecule has 0 saturated carbocycles. The van der Waals surface area contributed by atoms with Crippen LogP contribution in [0.4, 0.5) is 14.5 Å². The molecule has 0 spiro atoms. The van der Waals surface area contributed by atoms with Crippen LogP contribution in [-0.2, 0) is 6.54 Å². The summed E-state index contributed by atoms with van der Waals surface area (Å²) in [5.74, 6) is -0.536. The van der Waals surface area contributed by atoms with Gasteiger partial charge in [0.15, 0.2) is 5.96 Å². The number of benzene rings is 2. The number of halogens is 3. The minimum absolute atomic E-state index is 0. The van der Waals surface area contributed by atoms with Gasteiger partial charge in [0.1, 0.15) is 17.3 Å². The Kier molecular flexibility index (Phi) is 10.8. The predicted octanol–water partition coefficient (Wildman–Crippen LogP) is 4.06. The quantitative estimate of drug-likeness (QED) is 0.194. The van der Waals surface area contributed by atoms with E-state index in [0.717, 1.165) is 24.8 Å². The van der Waals surface area contributed by atoms with Gasteiger partial charge < -0.3 is 20.9 Å². The molecule has 2 aromatic carbocycles. The molecule has 9 heteroatoms. The van der Waals surface area contributed by atoms with Gasteiger partial charge in [-0.2, -0.15) is 0 Å². The van der Waals surface area contributed by atoms with Crippen LogP contribution in [0.5, 0.6) is 0 Å². The van der Waals surface area contributed by atoms with Gasteiger partial charge >= 0.3 is 0 Å². The average molecular weight is 571 g/mol. The molecule has 3 N–H and O–H groups in total. The summed E-state index contributed by atoms with van der Waals surface area (Å²) in [6.07, 6.45) is 2.75. The van der Waals surface area contributed by atoms with E-state index in [2.05, 4.69) is 27.9 Å². The molecule has 1 amide bonds. The lowest BCUT2D eigenvalue weighted by atomic mass is 10.1. The first-order chi connectivity index (χ1) is 15.5. The van der Waals surface area contributed by atoms with Crippen LogP contribution in [0, 0.1) is 11.6 Å². The molecule has 0 radical (unpaired) electrons. The van der Waals surface area contributed by atoms with Crippen LogP contribution in [-0.4, -0.2) is 44.6 Å². The zero-order valence-electron chi connectivity index (χ0n) is 19.0. The van der Waals surface area contributed by atoms with Gasteiger partial charge in [-0.15, -0.1) is 24.0 Å². The number of carbonyl (C=O) groups is 1. The fraction of sp³-hybridized carbons (Fsp3) is 0.417. The number of hydrogen-bond acceptors (Lipinski definition) is 3. The van der Waals surface area contributed by atoms with E-state index in [1.54, 1.807) is 11.9 Å². The van der Waals surface area contributed by atoms with Crippen LogP contribution in [0.1, 0.15) is 42.1 Å². The number of amides is 1. The summed E-state index contributed by atoms with van der Waals surface area (Å²) in [5, 5.41) is 9.48. The highest BCUT2D eigenvalue weighted by atomic mass is 127. The van der Waals surface area contributed by atoms with Gasteiger partial charge in [-0.05, 0) is 42.7 Å². The molecule has 180 valence electrons. The number of carbonyl (C=O) groups excluding carboxylic acids is 1. The molecule has 0 bridgehead atoms. The molecular formula is C24H32F2IN5O. The summed E-state index contributed by atoms with van der Waals surface area (Å²) < 4.78 is 28.1. The van der Waals surface area contributed by atoms with E-state index in [9.17, 15) is 13.6 Å². The van der Waals surface area contributed by atoms with E-state index in [-0.39, 0.29) is 41.6 Å². The number of hydrogen-bond donors (Lipinski definition) is 3. The molecule has 1 atom stereocenters. The van der Waals surface area contributed by atoms with Gasteiger partial charge in [-0.1, -0.05) is 31.5 Å². The third kappa shape index (κ3) is 7.55. The van der Waals surface area contributed by atoms with Crippen molar-refractivity contribution in [3.05, 3.63) is 65.2 Å². The second-order valence-corrected chi connectivity index (χ2v) is 7.88. The highest BCUT2D eigenvalue weighted by Gasteiger charge is 2.27. The summed E-state index contributed by atoms with van der Waals surface area (Å²) in [7, 11) is 1.68. The first-order valence-corrected chi connectivity index (χ1v) is 11.0. The number of para-hydroxylation sites is 1. The second-order valence-electron chi connectivity index (χ2n) is 7.88. The lowest BCUT2D eigenvalue weighted by Crippen LogP contribution is -2.44. The maximum absolute atomic E-state index is 14.1. The molecule has 1 fully saturated rings. The van der Waals surface area contributed by atoms with Crippen LogP contribution in [0.15, 0.2) is 47.5 Å². The minimum Gasteiger partial charge on any atom is -0.365 e. The average Bonchev–Trinajstić information content (AvgIpc) is 3.25. The third-order valence-electron chi connectivity index (χ3n) is 5.50. The number of nitrogens with zero attached hydrogens (tertiary/aromatic N) is 2. The van der Waals surface area contributed by atoms with E-state index in [0.29, 0.717) is 37.7 Å². The molecule has 1 saturated heterocycles. The maximum atomic E-state index is 14.1. The van der Waals surface area contributed by atoms with E-state index in [4.69, 9.17) is 0 Å². The first kappa shape index (κ1) is 26.8. The molecule has 1 aliphatic heterocycles. The van der Waals surface area contributed by atoms with Gasteiger partial charge in [0, 0.05) is 44.8 Å². The number of guanidine groups is 1. The van der Waals surface area contributed by atoms with E-state index in [1.807, 2.05) is 24.3 Å². The molecular weight excluding hydrogens is 539 g/mol. The Hall–Kier alpha value is -2.43. The Morgan fingerprint density at radius 2 is 1.82 bits per heavy atom. The fourth-order valence-corrected chi connectivity index (χ4v) is 3.70. The summed E-state index contributed by atoms with van der Waals surface area (Å²) in [6, 6.07) is 11.4. The predicted molar refractivity (Wildman–Crippen MR) is 139 cm³/mol. The van der Waals surface area contributed by atoms with Gasteiger partial charge in [0.2, 0.25) is 0 Å². The van der Waals surface area contributed by atoms with Crippen molar-refractivity contribution in [1.82, 2.24) is 16.0 Å². The van der Waals surface area contributed by atoms with Crippen LogP contribution < -0.4 is 20.9 Å². The van der Waals surface area contributed by atoms with Crippen molar-refractivity contribution >= 4 is 41.5 Å². The van der Waals surface area contributed by atoms with Gasteiger partial charge in [0.25, 0.3) is 5.91 Å². The van der Waals surface area contributed by atoms with Gasteiger partial charge in [0.05, 0.1) is 0 Å². The molecule has 3 rings (SSSR count). The molecule has 1 heterocycles. The number of rotatable bonds is 8. The molecule has 6 nitrogen and oxygen atoms in total. The third-order valence-corrected chi connectivity index (χ3v) is 5.50. The first-order valence-electron chi connectivity index (χ1n) is 11.0. The van der Waals surface area contributed by atoms with Gasteiger partial charge in [-0.3, -0.25) is 9.79 Å². The summed E-state index contributed by atoms with van der Waals surface area (Å²) in [5.41, 5.74) is 1.68. The zero-order valence-corrected chi connectivity index (χ0v) is 21.4. The standard InChI is InChI=1S/C24H31F2N5O.HI/c1-3-4-13-28-23(32)18-10-8-17(9-11-18)15-29-24(27-2)30-19-12-14-31(16-19)22-20(25)6-5-7-21(22)26;/h5-11,19H,3-4,12-16H2,1-2H3,(H,28,32)(H2,27,29,30);1H. The molecule has 1 unspecified atom stereocenters. The van der Waals surface area contributed by atoms with Crippen LogP contribution in [0.25, 0.3) is 0 Å². The smallest absolute Gasteiger partial charge is 0.251 e. The van der Waals surface area contributed by atoms with Crippen molar-refractivity contribution < 1.29 is 13.6 Å². The Labute approximate surface area is 211 Å². The van der Waals surface area contributed by atoms with E-state index in [1.165, 1.54) is 18.2 Å². The highest BCUT2D eigenvalue weighted by molar-refractivity contribution is 14.0. The number of nitrogens with one attached hydrogen (secondary N) is 3. The number of anilines is 1. The zero-order chi connectivity index (χ0) is 22.9. The summed E-state index contributed by atoms with van der Waals surface area (Å²) in [4.78, 5) is 18.1. The van der Waals surface area contributed by atoms with E-state index < -0.39 is 11.6 Å². The van der Waals surface area contributed by atoms with Gasteiger partial charge in [-0.25, -0.2) is 8.78 Å². The lowest BCUT2D eigenvalue weighted by Gasteiger charge is -2.21. The second kappa shape index (κ2) is 13.3. The number of unbranched alkanes of at least 4 members (excludes halogenated alkanes) is 1. The Morgan fingerprint density at radius 3 is 2.45 bits per heavy atom. The van der Waals surface area contributed by atoms with Crippen molar-refractivity contribution in [1.29, 1.82) is 0 Å². The molecule has 0 aliphatic carbocycles. The SMILES string of the molecule is CCCCNC(=O)c1ccc(CNC(=NC)NC2CCN(c3c(F)cccc3F)C2)cc1.I. The highest BCUT2D eigenvalue weighted by Crippen LogP contribution is 2.26. The summed E-state index contributed by atoms with van der Waals surface area (Å²) in [6.45, 7) is 4.36. The molecule has 1 aliphatic rings. The van der Waals surface area contributed by atoms with Crippen LogP contribution in [0.3, 0.4) is 0 Å². The van der Waals surface area contributed by atoms with Crippen molar-refractivity contribution in [3.8, 4) is 0 Å². The Balaban J connectivity index is 0.00000385. The maximum Gasteiger partial charge on any atom is 0.251 e. The molecule has 0 aromatic heterocycles. The monoisotopic (exact) mass is 571 g/mol. The summed E-state index contributed by atoms with van der Waals surface area (Å²) >= 11 is 0.